The molecular formula is C36H46SiTi. The Hall–Kier alpha value is -1.93. The van der Waals surface area contributed by atoms with Gasteiger partial charge in [0.15, 0.2) is 0 Å². The van der Waals surface area contributed by atoms with Crippen LogP contribution in [0.4, 0.5) is 0 Å². The Labute approximate surface area is 250 Å². The fourth-order valence-electron chi connectivity index (χ4n) is 5.11. The Morgan fingerprint density at radius 2 is 1.00 bits per heavy atom. The van der Waals surface area contributed by atoms with E-state index in [1.165, 1.54) is 54.5 Å². The molecule has 3 aromatic carbocycles. The van der Waals surface area contributed by atoms with Gasteiger partial charge in [0.2, 0.25) is 0 Å². The Bertz CT molecular complexity index is 1190. The first-order valence-corrected chi connectivity index (χ1v) is 15.3. The molecule has 1 aliphatic rings. The maximum absolute atomic E-state index is 3.67. The van der Waals surface area contributed by atoms with Gasteiger partial charge in [-0.1, -0.05) is 121 Å². The number of allylic oxidation sites excluding steroid dienone is 4. The zero-order valence-electron chi connectivity index (χ0n) is 25.6. The molecule has 0 fully saturated rings. The van der Waals surface area contributed by atoms with E-state index >= 15 is 0 Å². The van der Waals surface area contributed by atoms with E-state index in [4.69, 9.17) is 0 Å². The predicted octanol–water partition coefficient (Wildman–Crippen LogP) is 7.96. The molecule has 0 saturated carbocycles. The van der Waals surface area contributed by atoms with E-state index in [9.17, 15) is 0 Å². The summed E-state index contributed by atoms with van der Waals surface area (Å²) in [4.78, 5) is 0. The van der Waals surface area contributed by atoms with Gasteiger partial charge in [-0.3, -0.25) is 6.08 Å². The summed E-state index contributed by atoms with van der Waals surface area (Å²) in [5.41, 5.74) is 10.1. The minimum absolute atomic E-state index is 0. The SMILES string of the molecule is CC(C)(C)c1c[c-]cc(C(C)(C)C)c1.CC1=CC[C-]=C1[SiH](c1cc(C)cc(C)c1)c1cc(C)cc(C)c1.[Ti+2]. The minimum Gasteiger partial charge on any atom is -0.273 e. The van der Waals surface area contributed by atoms with E-state index in [0.717, 1.165) is 6.42 Å². The van der Waals surface area contributed by atoms with Crippen molar-refractivity contribution in [1.82, 2.24) is 0 Å². The van der Waals surface area contributed by atoms with Gasteiger partial charge in [0.25, 0.3) is 0 Å². The molecule has 0 N–H and O–H groups in total. The quantitative estimate of drug-likeness (QED) is 0.228. The molecule has 0 amide bonds. The van der Waals surface area contributed by atoms with E-state index in [2.05, 4.69) is 149 Å². The minimum atomic E-state index is -1.44. The summed E-state index contributed by atoms with van der Waals surface area (Å²) in [7, 11) is -1.44. The molecule has 2 heteroatoms. The Morgan fingerprint density at radius 1 is 0.605 bits per heavy atom. The van der Waals surface area contributed by atoms with Crippen LogP contribution in [0.2, 0.25) is 0 Å². The molecule has 0 radical (unpaired) electrons. The van der Waals surface area contributed by atoms with E-state index in [1.807, 2.05) is 0 Å². The molecular weight excluding hydrogens is 508 g/mol. The van der Waals surface area contributed by atoms with Crippen LogP contribution in [-0.4, -0.2) is 8.80 Å². The number of aryl methyl sites for hydroxylation is 4. The van der Waals surface area contributed by atoms with Crippen LogP contribution in [0.25, 0.3) is 0 Å². The van der Waals surface area contributed by atoms with Crippen molar-refractivity contribution >= 4 is 19.2 Å². The van der Waals surface area contributed by atoms with Crippen molar-refractivity contribution < 1.29 is 21.7 Å². The van der Waals surface area contributed by atoms with Crippen molar-refractivity contribution in [3.63, 3.8) is 0 Å². The van der Waals surface area contributed by atoms with Gasteiger partial charge < -0.3 is 0 Å². The Balaban J connectivity index is 0.000000292. The molecule has 0 aromatic heterocycles. The van der Waals surface area contributed by atoms with E-state index in [0.29, 0.717) is 0 Å². The second-order valence-corrected chi connectivity index (χ2v) is 15.7. The molecule has 0 spiro atoms. The third kappa shape index (κ3) is 8.54. The Morgan fingerprint density at radius 3 is 1.32 bits per heavy atom. The van der Waals surface area contributed by atoms with Crippen LogP contribution in [0.5, 0.6) is 0 Å². The topological polar surface area (TPSA) is 0 Å². The summed E-state index contributed by atoms with van der Waals surface area (Å²) in [6.07, 6.45) is 6.96. The normalized spacial score (nSPS) is 13.4. The maximum Gasteiger partial charge on any atom is 2.00 e. The second-order valence-electron chi connectivity index (χ2n) is 13.0. The standard InChI is InChI=1S/C22H25Si.C14H21.Ti/c1-15-9-16(2)12-20(11-15)23(22-8-6-7-19(22)5)21-13-17(3)10-18(4)14-21;1-13(2,3)11-8-7-9-12(10-11)14(4,5)6;/h7,9-14,23H,6H2,1-5H3;8-10H,1-6H3;/q2*-1;+2. The van der Waals surface area contributed by atoms with Crippen molar-refractivity contribution in [3.8, 4) is 0 Å². The molecule has 0 atom stereocenters. The monoisotopic (exact) mass is 554 g/mol. The largest absolute Gasteiger partial charge is 2.00 e. The van der Waals surface area contributed by atoms with Crippen LogP contribution >= 0.6 is 0 Å². The van der Waals surface area contributed by atoms with Crippen molar-refractivity contribution in [1.29, 1.82) is 0 Å². The van der Waals surface area contributed by atoms with Gasteiger partial charge in [-0.2, -0.15) is 41.5 Å². The van der Waals surface area contributed by atoms with Gasteiger partial charge in [0, 0.05) is 0 Å². The molecule has 3 aromatic rings. The van der Waals surface area contributed by atoms with Crippen LogP contribution in [-0.2, 0) is 32.5 Å². The fraction of sp³-hybridized carbons (Fsp3) is 0.389. The van der Waals surface area contributed by atoms with Gasteiger partial charge in [0.1, 0.15) is 0 Å². The number of hydrogen-bond donors (Lipinski definition) is 0. The first-order chi connectivity index (χ1) is 17.1. The molecule has 4 rings (SSSR count). The van der Waals surface area contributed by atoms with E-state index < -0.39 is 8.80 Å². The summed E-state index contributed by atoms with van der Waals surface area (Å²) in [5.74, 6) is 0. The molecule has 198 valence electrons. The second kappa shape index (κ2) is 12.9. The van der Waals surface area contributed by atoms with Crippen LogP contribution < -0.4 is 10.4 Å². The van der Waals surface area contributed by atoms with E-state index in [1.54, 1.807) is 0 Å². The molecule has 1 aliphatic carbocycles. The molecule has 0 heterocycles. The van der Waals surface area contributed by atoms with Gasteiger partial charge in [0.05, 0.1) is 8.80 Å². The van der Waals surface area contributed by atoms with Crippen molar-refractivity contribution in [3.05, 3.63) is 117 Å². The zero-order valence-corrected chi connectivity index (χ0v) is 28.3. The van der Waals surface area contributed by atoms with Crippen LogP contribution in [0, 0.1) is 39.8 Å². The van der Waals surface area contributed by atoms with Crippen LogP contribution in [0.1, 0.15) is 88.3 Å². The summed E-state index contributed by atoms with van der Waals surface area (Å²) in [5, 5.41) is 4.52. The predicted molar refractivity (Wildman–Crippen MR) is 166 cm³/mol. The van der Waals surface area contributed by atoms with Crippen LogP contribution in [0.15, 0.2) is 71.4 Å². The number of hydrogen-bond acceptors (Lipinski definition) is 0. The average Bonchev–Trinajstić information content (AvgIpc) is 3.17. The molecule has 38 heavy (non-hydrogen) atoms. The zero-order chi connectivity index (χ0) is 27.5. The molecule has 0 aliphatic heterocycles. The first-order valence-electron chi connectivity index (χ1n) is 13.6. The third-order valence-corrected chi connectivity index (χ3v) is 10.3. The molecule has 0 unspecified atom stereocenters. The summed E-state index contributed by atoms with van der Waals surface area (Å²) < 4.78 is 0. The number of benzene rings is 3. The summed E-state index contributed by atoms with van der Waals surface area (Å²) >= 11 is 0. The summed E-state index contributed by atoms with van der Waals surface area (Å²) in [6, 6.07) is 23.8. The van der Waals surface area contributed by atoms with Gasteiger partial charge in [-0.15, -0.1) is 13.3 Å². The van der Waals surface area contributed by atoms with Gasteiger partial charge in [-0.25, -0.2) is 10.8 Å². The van der Waals surface area contributed by atoms with Crippen molar-refractivity contribution in [2.45, 2.75) is 93.4 Å². The Kier molecular flexibility index (Phi) is 11.0. The molecule has 0 bridgehead atoms. The first kappa shape index (κ1) is 32.3. The molecule has 0 nitrogen and oxygen atoms in total. The van der Waals surface area contributed by atoms with E-state index in [-0.39, 0.29) is 32.5 Å². The molecule has 0 saturated heterocycles. The van der Waals surface area contributed by atoms with Crippen molar-refractivity contribution in [2.75, 3.05) is 0 Å². The van der Waals surface area contributed by atoms with Crippen LogP contribution in [0.3, 0.4) is 0 Å². The smallest absolute Gasteiger partial charge is 0.273 e. The maximum atomic E-state index is 3.67. The third-order valence-electron chi connectivity index (χ3n) is 7.09. The fourth-order valence-corrected chi connectivity index (χ4v) is 8.78. The average molecular weight is 555 g/mol. The van der Waals surface area contributed by atoms with Crippen molar-refractivity contribution in [2.24, 2.45) is 0 Å². The van der Waals surface area contributed by atoms with Gasteiger partial charge >= 0.3 is 21.7 Å². The number of rotatable bonds is 3. The van der Waals surface area contributed by atoms with Gasteiger partial charge in [-0.05, 0) is 27.7 Å². The summed E-state index contributed by atoms with van der Waals surface area (Å²) in [6.45, 7) is 24.5.